The third-order valence-corrected chi connectivity index (χ3v) is 1.67. The van der Waals surface area contributed by atoms with Gasteiger partial charge in [-0.05, 0) is 26.8 Å². The van der Waals surface area contributed by atoms with Crippen LogP contribution in [0.1, 0.15) is 20.3 Å². The number of carbonyl (C=O) groups is 1. The highest BCUT2D eigenvalue weighted by Crippen LogP contribution is 2.00. The molecule has 0 aliphatic heterocycles. The van der Waals surface area contributed by atoms with Gasteiger partial charge in [0, 0.05) is 6.54 Å². The summed E-state index contributed by atoms with van der Waals surface area (Å²) < 4.78 is 0. The fraction of sp³-hybridized carbons (Fsp3) is 0.875. The summed E-state index contributed by atoms with van der Waals surface area (Å²) in [6, 6.07) is 0. The number of aliphatic hydroxyl groups is 2. The Bertz CT molecular complexity index is 168. The predicted octanol–water partition coefficient (Wildman–Crippen LogP) is -0.817. The van der Waals surface area contributed by atoms with Gasteiger partial charge in [0.25, 0.3) is 0 Å². The third kappa shape index (κ3) is 5.57. The van der Waals surface area contributed by atoms with E-state index in [2.05, 4.69) is 5.32 Å². The van der Waals surface area contributed by atoms with Gasteiger partial charge in [-0.15, -0.1) is 0 Å². The van der Waals surface area contributed by atoms with Crippen molar-refractivity contribution >= 4 is 5.97 Å². The lowest BCUT2D eigenvalue weighted by atomic mass is 10.1. The summed E-state index contributed by atoms with van der Waals surface area (Å²) in [5, 5.41) is 29.4. The second-order valence-electron chi connectivity index (χ2n) is 3.39. The molecule has 2 unspecified atom stereocenters. The molecule has 0 radical (unpaired) electrons. The molecule has 5 heteroatoms. The monoisotopic (exact) mass is 191 g/mol. The second-order valence-corrected chi connectivity index (χ2v) is 3.39. The van der Waals surface area contributed by atoms with Gasteiger partial charge in [-0.3, -0.25) is 0 Å². The van der Waals surface area contributed by atoms with Crippen molar-refractivity contribution < 1.29 is 20.1 Å². The standard InChI is InChI=1S/C8H17NO4/c1-6(10)3-4-9-5-8(2,13)7(11)12/h6,9-10,13H,3-5H2,1-2H3,(H,11,12). The maximum absolute atomic E-state index is 10.4. The van der Waals surface area contributed by atoms with Crippen LogP contribution in [0.15, 0.2) is 0 Å². The Balaban J connectivity index is 3.58. The Labute approximate surface area is 77.4 Å². The molecule has 0 saturated heterocycles. The Morgan fingerprint density at radius 2 is 2.15 bits per heavy atom. The zero-order chi connectivity index (χ0) is 10.5. The molecule has 2 atom stereocenters. The molecule has 0 heterocycles. The second kappa shape index (κ2) is 5.16. The van der Waals surface area contributed by atoms with E-state index < -0.39 is 17.7 Å². The minimum absolute atomic E-state index is 0.0188. The van der Waals surface area contributed by atoms with Crippen molar-refractivity contribution in [3.05, 3.63) is 0 Å². The number of rotatable bonds is 6. The van der Waals surface area contributed by atoms with Crippen LogP contribution in [0, 0.1) is 0 Å². The number of nitrogens with one attached hydrogen (secondary N) is 1. The number of hydrogen-bond donors (Lipinski definition) is 4. The molecular weight excluding hydrogens is 174 g/mol. The Hall–Kier alpha value is -0.650. The summed E-state index contributed by atoms with van der Waals surface area (Å²) in [5.74, 6) is -1.25. The summed E-state index contributed by atoms with van der Waals surface area (Å²) in [4.78, 5) is 10.4. The fourth-order valence-electron chi connectivity index (χ4n) is 0.718. The molecular formula is C8H17NO4. The van der Waals surface area contributed by atoms with Crippen LogP contribution in [-0.2, 0) is 4.79 Å². The number of carboxylic acids is 1. The molecule has 13 heavy (non-hydrogen) atoms. The predicted molar refractivity (Wildman–Crippen MR) is 47.4 cm³/mol. The van der Waals surface area contributed by atoms with Gasteiger partial charge in [0.2, 0.25) is 0 Å². The smallest absolute Gasteiger partial charge is 0.336 e. The third-order valence-electron chi connectivity index (χ3n) is 1.67. The number of aliphatic hydroxyl groups excluding tert-OH is 1. The topological polar surface area (TPSA) is 89.8 Å². The molecule has 0 fully saturated rings. The molecule has 5 nitrogen and oxygen atoms in total. The molecule has 0 spiro atoms. The van der Waals surface area contributed by atoms with Gasteiger partial charge < -0.3 is 20.6 Å². The van der Waals surface area contributed by atoms with Crippen LogP contribution >= 0.6 is 0 Å². The van der Waals surface area contributed by atoms with Crippen LogP contribution in [0.5, 0.6) is 0 Å². The molecule has 0 aliphatic carbocycles. The first-order valence-corrected chi connectivity index (χ1v) is 4.21. The zero-order valence-electron chi connectivity index (χ0n) is 7.95. The van der Waals surface area contributed by atoms with Crippen molar-refractivity contribution in [3.8, 4) is 0 Å². The average molecular weight is 191 g/mol. The van der Waals surface area contributed by atoms with Gasteiger partial charge in [-0.1, -0.05) is 0 Å². The molecule has 0 amide bonds. The van der Waals surface area contributed by atoms with Gasteiger partial charge in [-0.2, -0.15) is 0 Å². The lowest BCUT2D eigenvalue weighted by Gasteiger charge is -2.18. The van der Waals surface area contributed by atoms with Crippen molar-refractivity contribution in [2.75, 3.05) is 13.1 Å². The van der Waals surface area contributed by atoms with Crippen LogP contribution in [-0.4, -0.2) is 46.1 Å². The summed E-state index contributed by atoms with van der Waals surface area (Å²) in [6.45, 7) is 3.35. The first kappa shape index (κ1) is 12.3. The maximum atomic E-state index is 10.4. The Kier molecular flexibility index (Phi) is 4.90. The van der Waals surface area contributed by atoms with Crippen molar-refractivity contribution in [1.29, 1.82) is 0 Å². The van der Waals surface area contributed by atoms with Crippen molar-refractivity contribution in [2.24, 2.45) is 0 Å². The largest absolute Gasteiger partial charge is 0.479 e. The molecule has 0 rings (SSSR count). The Morgan fingerprint density at radius 1 is 1.62 bits per heavy atom. The van der Waals surface area contributed by atoms with Gasteiger partial charge in [0.05, 0.1) is 6.10 Å². The molecule has 78 valence electrons. The molecule has 0 bridgehead atoms. The van der Waals surface area contributed by atoms with Crippen molar-refractivity contribution in [1.82, 2.24) is 5.32 Å². The van der Waals surface area contributed by atoms with Crippen LogP contribution < -0.4 is 5.32 Å². The van der Waals surface area contributed by atoms with E-state index in [0.29, 0.717) is 13.0 Å². The van der Waals surface area contributed by atoms with Gasteiger partial charge in [0.1, 0.15) is 0 Å². The fourth-order valence-corrected chi connectivity index (χ4v) is 0.718. The minimum atomic E-state index is -1.74. The van der Waals surface area contributed by atoms with Crippen molar-refractivity contribution in [2.45, 2.75) is 32.0 Å². The number of hydrogen-bond acceptors (Lipinski definition) is 4. The maximum Gasteiger partial charge on any atom is 0.336 e. The molecule has 4 N–H and O–H groups in total. The quantitative estimate of drug-likeness (QED) is 0.412. The lowest BCUT2D eigenvalue weighted by Crippen LogP contribution is -2.45. The highest BCUT2D eigenvalue weighted by molar-refractivity contribution is 5.76. The summed E-state index contributed by atoms with van der Waals surface area (Å²) in [7, 11) is 0. The number of aliphatic carboxylic acids is 1. The summed E-state index contributed by atoms with van der Waals surface area (Å²) in [6.07, 6.45) is 0.123. The van der Waals surface area contributed by atoms with E-state index in [9.17, 15) is 9.90 Å². The Morgan fingerprint density at radius 3 is 2.54 bits per heavy atom. The molecule has 0 aliphatic rings. The van der Waals surface area contributed by atoms with Gasteiger partial charge in [0.15, 0.2) is 5.60 Å². The molecule has 0 aromatic carbocycles. The molecule has 0 aromatic rings. The van der Waals surface area contributed by atoms with E-state index in [-0.39, 0.29) is 6.54 Å². The van der Waals surface area contributed by atoms with Gasteiger partial charge >= 0.3 is 5.97 Å². The molecule has 0 saturated carbocycles. The zero-order valence-corrected chi connectivity index (χ0v) is 7.95. The minimum Gasteiger partial charge on any atom is -0.479 e. The highest BCUT2D eigenvalue weighted by atomic mass is 16.4. The summed E-state index contributed by atoms with van der Waals surface area (Å²) >= 11 is 0. The highest BCUT2D eigenvalue weighted by Gasteiger charge is 2.28. The van der Waals surface area contributed by atoms with E-state index in [4.69, 9.17) is 10.2 Å². The van der Waals surface area contributed by atoms with Gasteiger partial charge in [-0.25, -0.2) is 4.79 Å². The first-order chi connectivity index (χ1) is 5.86. The SMILES string of the molecule is CC(O)CCNCC(C)(O)C(=O)O. The van der Waals surface area contributed by atoms with E-state index in [0.717, 1.165) is 0 Å². The van der Waals surface area contributed by atoms with Crippen LogP contribution in [0.3, 0.4) is 0 Å². The van der Waals surface area contributed by atoms with E-state index in [1.807, 2.05) is 0 Å². The lowest BCUT2D eigenvalue weighted by molar-refractivity contribution is -0.156. The first-order valence-electron chi connectivity index (χ1n) is 4.21. The van der Waals surface area contributed by atoms with E-state index >= 15 is 0 Å². The summed E-state index contributed by atoms with van der Waals surface area (Å²) in [5.41, 5.74) is -1.74. The average Bonchev–Trinajstić information content (AvgIpc) is 1.97. The van der Waals surface area contributed by atoms with E-state index in [1.54, 1.807) is 6.92 Å². The van der Waals surface area contributed by atoms with Crippen molar-refractivity contribution in [3.63, 3.8) is 0 Å². The van der Waals surface area contributed by atoms with Crippen LogP contribution in [0.25, 0.3) is 0 Å². The van der Waals surface area contributed by atoms with E-state index in [1.165, 1.54) is 6.92 Å². The molecule has 0 aromatic heterocycles. The normalized spacial score (nSPS) is 17.8. The van der Waals surface area contributed by atoms with Crippen LogP contribution in [0.4, 0.5) is 0 Å². The number of carboxylic acid groups (broad SMARTS) is 1. The van der Waals surface area contributed by atoms with Crippen LogP contribution in [0.2, 0.25) is 0 Å².